The highest BCUT2D eigenvalue weighted by Crippen LogP contribution is 2.24. The molecule has 2 fully saturated rings. The van der Waals surface area contributed by atoms with E-state index in [-0.39, 0.29) is 17.9 Å². The van der Waals surface area contributed by atoms with Gasteiger partial charge in [-0.25, -0.2) is 8.42 Å². The fraction of sp³-hybridized carbons (Fsp3) is 0.423. The third-order valence-corrected chi connectivity index (χ3v) is 8.26. The fourth-order valence-electron chi connectivity index (χ4n) is 4.58. The standard InChI is InChI=1S/C26H33N3O4S/c1-33-25-9-7-24(8-10-25)28-16-13-23(14-17-28)27-26(30)22-11-18-29(19-12-22)34(31,32)20-15-21-5-3-2-4-6-21/h2-10,15,20,22-23H,11-14,16-19H2,1H3,(H,27,30)/b20-15+. The predicted molar refractivity (Wildman–Crippen MR) is 135 cm³/mol. The van der Waals surface area contributed by atoms with E-state index in [4.69, 9.17) is 4.74 Å². The maximum Gasteiger partial charge on any atom is 0.236 e. The third-order valence-electron chi connectivity index (χ3n) is 6.70. The minimum absolute atomic E-state index is 0.0553. The van der Waals surface area contributed by atoms with E-state index in [2.05, 4.69) is 22.3 Å². The van der Waals surface area contributed by atoms with Gasteiger partial charge in [0.15, 0.2) is 0 Å². The summed E-state index contributed by atoms with van der Waals surface area (Å²) in [6, 6.07) is 17.6. The van der Waals surface area contributed by atoms with E-state index in [1.54, 1.807) is 13.2 Å². The summed E-state index contributed by atoms with van der Waals surface area (Å²) in [5.74, 6) is 0.765. The number of ether oxygens (including phenoxy) is 1. The summed E-state index contributed by atoms with van der Waals surface area (Å²) < 4.78 is 32.0. The monoisotopic (exact) mass is 483 g/mol. The summed E-state index contributed by atoms with van der Waals surface area (Å²) in [6.45, 7) is 2.52. The number of hydrogen-bond donors (Lipinski definition) is 1. The number of anilines is 1. The molecule has 182 valence electrons. The van der Waals surface area contributed by atoms with Crippen molar-refractivity contribution in [3.63, 3.8) is 0 Å². The van der Waals surface area contributed by atoms with E-state index >= 15 is 0 Å². The Kier molecular flexibility index (Phi) is 7.90. The summed E-state index contributed by atoms with van der Waals surface area (Å²) in [7, 11) is -1.83. The van der Waals surface area contributed by atoms with Gasteiger partial charge in [0.2, 0.25) is 15.9 Å². The molecule has 2 aromatic carbocycles. The van der Waals surface area contributed by atoms with Gasteiger partial charge in [-0.15, -0.1) is 0 Å². The average Bonchev–Trinajstić information content (AvgIpc) is 2.89. The predicted octanol–water partition coefficient (Wildman–Crippen LogP) is 3.49. The molecular formula is C26H33N3O4S. The second kappa shape index (κ2) is 11.1. The number of rotatable bonds is 7. The lowest BCUT2D eigenvalue weighted by Gasteiger charge is -2.35. The molecule has 8 heteroatoms. The van der Waals surface area contributed by atoms with Crippen LogP contribution in [0.4, 0.5) is 5.69 Å². The van der Waals surface area contributed by atoms with Crippen LogP contribution in [-0.2, 0) is 14.8 Å². The number of amides is 1. The van der Waals surface area contributed by atoms with Crippen LogP contribution in [0.3, 0.4) is 0 Å². The van der Waals surface area contributed by atoms with Gasteiger partial charge in [0.25, 0.3) is 0 Å². The van der Waals surface area contributed by atoms with Gasteiger partial charge in [-0.3, -0.25) is 4.79 Å². The van der Waals surface area contributed by atoms with Crippen LogP contribution in [0.5, 0.6) is 5.75 Å². The number of sulfonamides is 1. The maximum absolute atomic E-state index is 12.8. The molecule has 0 aliphatic carbocycles. The first-order chi connectivity index (χ1) is 16.4. The molecule has 2 saturated heterocycles. The highest BCUT2D eigenvalue weighted by Gasteiger charge is 2.31. The van der Waals surface area contributed by atoms with E-state index < -0.39 is 10.0 Å². The van der Waals surface area contributed by atoms with Gasteiger partial charge in [0.1, 0.15) is 5.75 Å². The molecule has 7 nitrogen and oxygen atoms in total. The van der Waals surface area contributed by atoms with Crippen molar-refractivity contribution >= 4 is 27.7 Å². The smallest absolute Gasteiger partial charge is 0.236 e. The molecule has 0 radical (unpaired) electrons. The number of carbonyl (C=O) groups is 1. The number of methoxy groups -OCH3 is 1. The second-order valence-electron chi connectivity index (χ2n) is 8.90. The van der Waals surface area contributed by atoms with Crippen LogP contribution in [0.15, 0.2) is 60.0 Å². The lowest BCUT2D eigenvalue weighted by atomic mass is 9.95. The Hall–Kier alpha value is -2.84. The SMILES string of the molecule is COc1ccc(N2CCC(NC(=O)C3CCN(S(=O)(=O)/C=C/c4ccccc4)CC3)CC2)cc1. The summed E-state index contributed by atoms with van der Waals surface area (Å²) in [5.41, 5.74) is 2.01. The Morgan fingerprint density at radius 3 is 2.21 bits per heavy atom. The van der Waals surface area contributed by atoms with E-state index in [0.717, 1.165) is 37.2 Å². The Morgan fingerprint density at radius 1 is 0.941 bits per heavy atom. The molecular weight excluding hydrogens is 450 g/mol. The summed E-state index contributed by atoms with van der Waals surface area (Å²) in [4.78, 5) is 15.2. The number of nitrogens with zero attached hydrogens (tertiary/aromatic N) is 2. The van der Waals surface area contributed by atoms with Crippen LogP contribution >= 0.6 is 0 Å². The zero-order valence-corrected chi connectivity index (χ0v) is 20.4. The average molecular weight is 484 g/mol. The maximum atomic E-state index is 12.8. The topological polar surface area (TPSA) is 79.0 Å². The Bertz CT molecular complexity index is 1070. The molecule has 0 spiro atoms. The van der Waals surface area contributed by atoms with Gasteiger partial charge in [-0.2, -0.15) is 4.31 Å². The van der Waals surface area contributed by atoms with Crippen LogP contribution in [0.2, 0.25) is 0 Å². The van der Waals surface area contributed by atoms with Crippen molar-refractivity contribution < 1.29 is 17.9 Å². The van der Waals surface area contributed by atoms with Gasteiger partial charge < -0.3 is 15.0 Å². The van der Waals surface area contributed by atoms with E-state index in [0.29, 0.717) is 25.9 Å². The summed E-state index contributed by atoms with van der Waals surface area (Å²) >= 11 is 0. The highest BCUT2D eigenvalue weighted by atomic mass is 32.2. The molecule has 2 aromatic rings. The first-order valence-corrected chi connectivity index (χ1v) is 13.4. The fourth-order valence-corrected chi connectivity index (χ4v) is 5.80. The Labute approximate surface area is 202 Å². The van der Waals surface area contributed by atoms with Crippen LogP contribution in [0.1, 0.15) is 31.2 Å². The lowest BCUT2D eigenvalue weighted by Crippen LogP contribution is -2.48. The lowest BCUT2D eigenvalue weighted by molar-refractivity contribution is -0.127. The summed E-state index contributed by atoms with van der Waals surface area (Å²) in [6.07, 6.45) is 4.51. The van der Waals surface area contributed by atoms with Crippen molar-refractivity contribution in [1.29, 1.82) is 0 Å². The van der Waals surface area contributed by atoms with Gasteiger partial charge in [-0.1, -0.05) is 30.3 Å². The zero-order chi connectivity index (χ0) is 24.0. The van der Waals surface area contributed by atoms with Crippen molar-refractivity contribution in [2.24, 2.45) is 5.92 Å². The largest absolute Gasteiger partial charge is 0.497 e. The Balaban J connectivity index is 1.22. The molecule has 1 amide bonds. The molecule has 0 unspecified atom stereocenters. The van der Waals surface area contributed by atoms with Crippen molar-refractivity contribution in [1.82, 2.24) is 9.62 Å². The second-order valence-corrected chi connectivity index (χ2v) is 10.7. The van der Waals surface area contributed by atoms with Gasteiger partial charge in [-0.05, 0) is 61.6 Å². The molecule has 1 N–H and O–H groups in total. The number of piperidine rings is 2. The van der Waals surface area contributed by atoms with Gasteiger partial charge in [0.05, 0.1) is 7.11 Å². The highest BCUT2D eigenvalue weighted by molar-refractivity contribution is 7.92. The normalized spacial score (nSPS) is 18.8. The quantitative estimate of drug-likeness (QED) is 0.652. The van der Waals surface area contributed by atoms with Gasteiger partial charge >= 0.3 is 0 Å². The van der Waals surface area contributed by atoms with E-state index in [9.17, 15) is 13.2 Å². The molecule has 2 aliphatic heterocycles. The minimum Gasteiger partial charge on any atom is -0.497 e. The zero-order valence-electron chi connectivity index (χ0n) is 19.6. The first-order valence-electron chi connectivity index (χ1n) is 11.9. The van der Waals surface area contributed by atoms with E-state index in [1.807, 2.05) is 42.5 Å². The molecule has 4 rings (SSSR count). The molecule has 0 atom stereocenters. The van der Waals surface area contributed by atoms with Gasteiger partial charge in [0, 0.05) is 49.2 Å². The van der Waals surface area contributed by atoms with Crippen LogP contribution < -0.4 is 15.0 Å². The third kappa shape index (κ3) is 6.18. The summed E-state index contributed by atoms with van der Waals surface area (Å²) in [5, 5.41) is 4.47. The van der Waals surface area contributed by atoms with Crippen LogP contribution in [0.25, 0.3) is 6.08 Å². The Morgan fingerprint density at radius 2 is 1.59 bits per heavy atom. The van der Waals surface area contributed by atoms with Crippen LogP contribution in [0, 0.1) is 5.92 Å². The van der Waals surface area contributed by atoms with Crippen LogP contribution in [-0.4, -0.2) is 58.0 Å². The number of nitrogens with one attached hydrogen (secondary N) is 1. The minimum atomic E-state index is -3.49. The van der Waals surface area contributed by atoms with Crippen molar-refractivity contribution in [3.05, 3.63) is 65.6 Å². The molecule has 2 aliphatic rings. The van der Waals surface area contributed by atoms with Crippen molar-refractivity contribution in [2.45, 2.75) is 31.7 Å². The number of benzene rings is 2. The molecule has 34 heavy (non-hydrogen) atoms. The van der Waals surface area contributed by atoms with Crippen molar-refractivity contribution in [2.75, 3.05) is 38.2 Å². The number of carbonyl (C=O) groups excluding carboxylic acids is 1. The van der Waals surface area contributed by atoms with E-state index in [1.165, 1.54) is 15.4 Å². The first kappa shape index (κ1) is 24.3. The van der Waals surface area contributed by atoms with Crippen molar-refractivity contribution in [3.8, 4) is 5.75 Å². The molecule has 0 bridgehead atoms. The number of hydrogen-bond acceptors (Lipinski definition) is 5. The molecule has 0 saturated carbocycles. The molecule has 2 heterocycles. The molecule has 0 aromatic heterocycles.